The molecule has 6 nitrogen and oxygen atoms in total. The van der Waals surface area contributed by atoms with Crippen LogP contribution < -0.4 is 0 Å². The summed E-state index contributed by atoms with van der Waals surface area (Å²) in [5, 5.41) is 0. The van der Waals surface area contributed by atoms with E-state index in [-0.39, 0.29) is 31.1 Å². The number of rotatable bonds is 64. The summed E-state index contributed by atoms with van der Waals surface area (Å²) in [7, 11) is 0. The fraction of sp³-hybridized carbons (Fsp3) is 0.773. The second kappa shape index (κ2) is 69.1. The van der Waals surface area contributed by atoms with Gasteiger partial charge in [0.05, 0.1) is 0 Å². The van der Waals surface area contributed by atoms with Crippen LogP contribution in [0.15, 0.2) is 85.1 Å². The average molecular weight is 1130 g/mol. The molecule has 0 saturated carbocycles. The van der Waals surface area contributed by atoms with E-state index in [0.717, 1.165) is 103 Å². The van der Waals surface area contributed by atoms with Gasteiger partial charge in [-0.25, -0.2) is 0 Å². The number of unbranched alkanes of at least 4 members (excludes halogenated alkanes) is 39. The molecule has 0 spiro atoms. The zero-order chi connectivity index (χ0) is 58.5. The molecule has 0 rings (SSSR count). The molecule has 0 aromatic rings. The fourth-order valence-electron chi connectivity index (χ4n) is 10.2. The molecule has 0 radical (unpaired) electrons. The summed E-state index contributed by atoms with van der Waals surface area (Å²) in [6.07, 6.45) is 91.6. The third-order valence-corrected chi connectivity index (χ3v) is 15.4. The Morgan fingerprint density at radius 1 is 0.259 bits per heavy atom. The van der Waals surface area contributed by atoms with Gasteiger partial charge in [0.25, 0.3) is 0 Å². The normalized spacial score (nSPS) is 12.6. The Bertz CT molecular complexity index is 1530. The number of ether oxygens (including phenoxy) is 3. The summed E-state index contributed by atoms with van der Waals surface area (Å²) in [5.41, 5.74) is 0. The molecule has 0 aromatic heterocycles. The molecule has 81 heavy (non-hydrogen) atoms. The maximum atomic E-state index is 13.0. The minimum atomic E-state index is -0.783. The average Bonchev–Trinajstić information content (AvgIpc) is 3.47. The van der Waals surface area contributed by atoms with E-state index in [2.05, 4.69) is 106 Å². The Labute approximate surface area is 503 Å². The second-order valence-corrected chi connectivity index (χ2v) is 23.4. The number of hydrogen-bond acceptors (Lipinski definition) is 6. The van der Waals surface area contributed by atoms with Crippen LogP contribution in [0.3, 0.4) is 0 Å². The monoisotopic (exact) mass is 1130 g/mol. The zero-order valence-electron chi connectivity index (χ0n) is 53.8. The van der Waals surface area contributed by atoms with Gasteiger partial charge < -0.3 is 14.2 Å². The van der Waals surface area contributed by atoms with Crippen LogP contribution in [-0.2, 0) is 28.6 Å². The molecule has 468 valence electrons. The molecule has 0 bridgehead atoms. The van der Waals surface area contributed by atoms with Crippen LogP contribution in [0.1, 0.15) is 355 Å². The third-order valence-electron chi connectivity index (χ3n) is 15.4. The van der Waals surface area contributed by atoms with Crippen LogP contribution >= 0.6 is 0 Å². The van der Waals surface area contributed by atoms with E-state index >= 15 is 0 Å². The van der Waals surface area contributed by atoms with Crippen LogP contribution in [0.5, 0.6) is 0 Å². The molecule has 0 aliphatic carbocycles. The molecule has 0 aliphatic heterocycles. The summed E-state index contributed by atoms with van der Waals surface area (Å²) < 4.78 is 17.0. The second-order valence-electron chi connectivity index (χ2n) is 23.4. The minimum Gasteiger partial charge on any atom is -0.462 e. The highest BCUT2D eigenvalue weighted by Gasteiger charge is 2.19. The van der Waals surface area contributed by atoms with Crippen LogP contribution in [-0.4, -0.2) is 37.2 Å². The Hall–Kier alpha value is -3.41. The first-order chi connectivity index (χ1) is 40.0. The van der Waals surface area contributed by atoms with Gasteiger partial charge in [-0.3, -0.25) is 14.4 Å². The molecule has 0 saturated heterocycles. The summed E-state index contributed by atoms with van der Waals surface area (Å²) in [5.74, 6) is -0.869. The molecule has 0 aliphatic rings. The zero-order valence-corrected chi connectivity index (χ0v) is 53.8. The quantitative estimate of drug-likeness (QED) is 0.0261. The predicted molar refractivity (Wildman–Crippen MR) is 353 cm³/mol. The number of carbonyl (C=O) groups is 3. The van der Waals surface area contributed by atoms with Crippen molar-refractivity contribution >= 4 is 17.9 Å². The lowest BCUT2D eigenvalue weighted by molar-refractivity contribution is -0.167. The minimum absolute atomic E-state index is 0.0772. The first-order valence-electron chi connectivity index (χ1n) is 35.1. The molecule has 0 N–H and O–H groups in total. The molecule has 0 aromatic carbocycles. The largest absolute Gasteiger partial charge is 0.462 e. The fourth-order valence-corrected chi connectivity index (χ4v) is 10.2. The van der Waals surface area contributed by atoms with Crippen molar-refractivity contribution in [3.63, 3.8) is 0 Å². The van der Waals surface area contributed by atoms with Gasteiger partial charge in [-0.15, -0.1) is 0 Å². The van der Waals surface area contributed by atoms with Gasteiger partial charge in [-0.2, -0.15) is 0 Å². The van der Waals surface area contributed by atoms with Crippen molar-refractivity contribution in [3.8, 4) is 0 Å². The Kier molecular flexibility index (Phi) is 66.2. The van der Waals surface area contributed by atoms with Crippen LogP contribution in [0, 0.1) is 0 Å². The smallest absolute Gasteiger partial charge is 0.306 e. The van der Waals surface area contributed by atoms with Crippen molar-refractivity contribution in [2.24, 2.45) is 0 Å². The van der Waals surface area contributed by atoms with Gasteiger partial charge in [0.2, 0.25) is 0 Å². The van der Waals surface area contributed by atoms with Gasteiger partial charge in [0.1, 0.15) is 13.2 Å². The molecule has 6 heteroatoms. The maximum Gasteiger partial charge on any atom is 0.306 e. The summed E-state index contributed by atoms with van der Waals surface area (Å²) >= 11 is 0. The highest BCUT2D eigenvalue weighted by molar-refractivity contribution is 5.71. The molecule has 1 atom stereocenters. The van der Waals surface area contributed by atoms with E-state index in [1.54, 1.807) is 0 Å². The van der Waals surface area contributed by atoms with E-state index in [1.807, 2.05) is 0 Å². The molecule has 0 amide bonds. The molecule has 0 fully saturated rings. The van der Waals surface area contributed by atoms with E-state index in [4.69, 9.17) is 14.2 Å². The lowest BCUT2D eigenvalue weighted by Gasteiger charge is -2.18. The first kappa shape index (κ1) is 77.6. The molecular weight excluding hydrogens is 997 g/mol. The van der Waals surface area contributed by atoms with Crippen molar-refractivity contribution in [2.75, 3.05) is 13.2 Å². The highest BCUT2D eigenvalue weighted by Crippen LogP contribution is 2.17. The molecular formula is C75H132O6. The first-order valence-corrected chi connectivity index (χ1v) is 35.1. The van der Waals surface area contributed by atoms with Crippen LogP contribution in [0.2, 0.25) is 0 Å². The van der Waals surface area contributed by atoms with E-state index in [1.165, 1.54) is 212 Å². The number of carbonyl (C=O) groups excluding carboxylic acids is 3. The third kappa shape index (κ3) is 67.3. The van der Waals surface area contributed by atoms with E-state index in [0.29, 0.717) is 19.3 Å². The SMILES string of the molecule is CC/C=C\C/C=C\C/C=C\C/C=C\CCCCCCCCCCCCC(=O)OCC(COC(=O)CCCCCCCCCCCCCCCCCCC)OC(=O)CCCCCCCCCC/C=C\C/C=C\C/C=C\CCCCCCC. The Morgan fingerprint density at radius 2 is 0.481 bits per heavy atom. The lowest BCUT2D eigenvalue weighted by atomic mass is 10.0. The Morgan fingerprint density at radius 3 is 0.753 bits per heavy atom. The van der Waals surface area contributed by atoms with Gasteiger partial charge in [0, 0.05) is 19.3 Å². The van der Waals surface area contributed by atoms with E-state index in [9.17, 15) is 14.4 Å². The maximum absolute atomic E-state index is 13.0. The standard InChI is InChI=1S/C75H132O6/c1-4-7-10-13-16-19-22-25-28-31-33-35-37-39-41-44-47-50-53-56-59-62-65-68-74(77)80-71-72(70-79-73(76)67-64-61-58-55-52-49-46-43-30-27-24-21-18-15-12-9-6-3)81-75(78)69-66-63-60-57-54-51-48-45-42-40-38-36-34-32-29-26-23-20-17-14-11-8-5-2/h7,10,16,19,23,25-26,28,32-35,38,40,72H,4-6,8-9,11-15,17-18,20-22,24,27,29-31,36-37,39,41-71H2,1-3H3/b10-7-,19-16-,26-23-,28-25-,34-32-,35-33-,40-38-. The summed E-state index contributed by atoms with van der Waals surface area (Å²) in [4.78, 5) is 38.5. The molecule has 0 heterocycles. The van der Waals surface area contributed by atoms with E-state index < -0.39 is 6.10 Å². The van der Waals surface area contributed by atoms with Crippen LogP contribution in [0.25, 0.3) is 0 Å². The highest BCUT2D eigenvalue weighted by atomic mass is 16.6. The van der Waals surface area contributed by atoms with Gasteiger partial charge in [-0.1, -0.05) is 324 Å². The van der Waals surface area contributed by atoms with Crippen molar-refractivity contribution in [1.29, 1.82) is 0 Å². The van der Waals surface area contributed by atoms with Gasteiger partial charge in [0.15, 0.2) is 6.10 Å². The topological polar surface area (TPSA) is 78.9 Å². The van der Waals surface area contributed by atoms with Crippen molar-refractivity contribution in [1.82, 2.24) is 0 Å². The van der Waals surface area contributed by atoms with Crippen molar-refractivity contribution in [2.45, 2.75) is 361 Å². The van der Waals surface area contributed by atoms with Crippen molar-refractivity contribution < 1.29 is 28.6 Å². The molecule has 1 unspecified atom stereocenters. The predicted octanol–water partition coefficient (Wildman–Crippen LogP) is 24.2. The van der Waals surface area contributed by atoms with Gasteiger partial charge in [-0.05, 0) is 96.3 Å². The Balaban J connectivity index is 4.37. The number of allylic oxidation sites excluding steroid dienone is 14. The summed E-state index contributed by atoms with van der Waals surface area (Å²) in [6.45, 7) is 6.56. The van der Waals surface area contributed by atoms with Gasteiger partial charge >= 0.3 is 17.9 Å². The van der Waals surface area contributed by atoms with Crippen molar-refractivity contribution in [3.05, 3.63) is 85.1 Å². The summed E-state index contributed by atoms with van der Waals surface area (Å²) in [6, 6.07) is 0. The lowest BCUT2D eigenvalue weighted by Crippen LogP contribution is -2.30. The number of hydrogen-bond donors (Lipinski definition) is 0. The number of esters is 3. The van der Waals surface area contributed by atoms with Crippen LogP contribution in [0.4, 0.5) is 0 Å².